The lowest BCUT2D eigenvalue weighted by molar-refractivity contribution is -0.138. The van der Waals surface area contributed by atoms with E-state index in [4.69, 9.17) is 5.26 Å². The number of imide groups is 1. The lowest BCUT2D eigenvalue weighted by Crippen LogP contribution is -2.55. The number of anilines is 1. The summed E-state index contributed by atoms with van der Waals surface area (Å²) < 4.78 is 40.2. The number of amides is 4. The first kappa shape index (κ1) is 22.3. The van der Waals surface area contributed by atoms with Gasteiger partial charge >= 0.3 is 12.2 Å². The number of likely N-dealkylation sites (tertiary alicyclic amines) is 1. The second-order valence-corrected chi connectivity index (χ2v) is 9.30. The molecule has 3 heterocycles. The van der Waals surface area contributed by atoms with Gasteiger partial charge in [0.1, 0.15) is 6.04 Å². The molecule has 3 aliphatic rings. The number of fused-ring (bicyclic) bond motifs is 5. The van der Waals surface area contributed by atoms with Gasteiger partial charge in [-0.3, -0.25) is 9.59 Å². The number of carbonyl (C=O) groups is 3. The van der Waals surface area contributed by atoms with Crippen LogP contribution in [-0.4, -0.2) is 58.1 Å². The molecular formula is C23H17F3N4O3S. The van der Waals surface area contributed by atoms with Crippen LogP contribution in [0.1, 0.15) is 17.5 Å². The maximum atomic E-state index is 13.4. The largest absolute Gasteiger partial charge is 0.417 e. The molecule has 2 bridgehead atoms. The Hall–Kier alpha value is -3.52. The lowest BCUT2D eigenvalue weighted by atomic mass is 10.1. The summed E-state index contributed by atoms with van der Waals surface area (Å²) in [5.74, 6) is -0.642. The van der Waals surface area contributed by atoms with E-state index < -0.39 is 41.3 Å². The highest BCUT2D eigenvalue weighted by atomic mass is 32.2. The van der Waals surface area contributed by atoms with Crippen LogP contribution in [0.2, 0.25) is 0 Å². The molecule has 2 unspecified atom stereocenters. The van der Waals surface area contributed by atoms with E-state index in [1.807, 2.05) is 30.3 Å². The van der Waals surface area contributed by atoms with Crippen LogP contribution in [0.3, 0.4) is 0 Å². The summed E-state index contributed by atoms with van der Waals surface area (Å²) in [6, 6.07) is 11.1. The van der Waals surface area contributed by atoms with Crippen molar-refractivity contribution in [3.63, 3.8) is 0 Å². The summed E-state index contributed by atoms with van der Waals surface area (Å²) in [6.45, 7) is 0.281. The molecule has 0 aliphatic carbocycles. The van der Waals surface area contributed by atoms with Crippen LogP contribution in [0.25, 0.3) is 0 Å². The zero-order valence-corrected chi connectivity index (χ0v) is 18.3. The fourth-order valence-electron chi connectivity index (χ4n) is 4.93. The Bertz CT molecular complexity index is 1230. The smallest absolute Gasteiger partial charge is 0.334 e. The minimum Gasteiger partial charge on any atom is -0.334 e. The molecule has 0 saturated carbocycles. The number of nitriles is 1. The minimum atomic E-state index is -4.82. The summed E-state index contributed by atoms with van der Waals surface area (Å²) in [6.07, 6.45) is -4.36. The van der Waals surface area contributed by atoms with Crippen LogP contribution < -0.4 is 4.90 Å². The predicted octanol–water partition coefficient (Wildman–Crippen LogP) is 3.49. The Kier molecular flexibility index (Phi) is 5.28. The van der Waals surface area contributed by atoms with Gasteiger partial charge < -0.3 is 9.80 Å². The van der Waals surface area contributed by atoms with Gasteiger partial charge in [0.05, 0.1) is 40.7 Å². The molecule has 3 atom stereocenters. The third kappa shape index (κ3) is 3.49. The fourth-order valence-corrected chi connectivity index (χ4v) is 5.74. The second kappa shape index (κ2) is 8.06. The number of hydrogen-bond acceptors (Lipinski definition) is 5. The molecule has 3 fully saturated rings. The number of piperazine rings is 1. The van der Waals surface area contributed by atoms with Gasteiger partial charge in [-0.2, -0.15) is 18.4 Å². The van der Waals surface area contributed by atoms with E-state index in [-0.39, 0.29) is 29.9 Å². The van der Waals surface area contributed by atoms with E-state index in [0.717, 1.165) is 21.9 Å². The number of alkyl halides is 3. The third-order valence-corrected chi connectivity index (χ3v) is 7.37. The molecule has 11 heteroatoms. The highest BCUT2D eigenvalue weighted by Gasteiger charge is 2.62. The molecule has 0 radical (unpaired) electrons. The highest BCUT2D eigenvalue weighted by Crippen LogP contribution is 2.43. The number of carbonyl (C=O) groups excluding carboxylic acids is 3. The van der Waals surface area contributed by atoms with Crippen molar-refractivity contribution in [3.8, 4) is 6.07 Å². The van der Waals surface area contributed by atoms with Gasteiger partial charge in [0.2, 0.25) is 5.91 Å². The van der Waals surface area contributed by atoms with Gasteiger partial charge in [-0.25, -0.2) is 9.69 Å². The van der Waals surface area contributed by atoms with Gasteiger partial charge in [0.25, 0.3) is 5.91 Å². The van der Waals surface area contributed by atoms with Crippen LogP contribution >= 0.6 is 11.8 Å². The van der Waals surface area contributed by atoms with Crippen molar-refractivity contribution in [1.82, 2.24) is 9.80 Å². The number of thioether (sulfide) groups is 1. The van der Waals surface area contributed by atoms with Gasteiger partial charge in [-0.15, -0.1) is 11.8 Å². The van der Waals surface area contributed by atoms with Crippen molar-refractivity contribution in [2.24, 2.45) is 0 Å². The van der Waals surface area contributed by atoms with Crippen LogP contribution in [0.15, 0.2) is 53.4 Å². The number of rotatable bonds is 4. The summed E-state index contributed by atoms with van der Waals surface area (Å²) in [5, 5.41) is 9.00. The number of nitrogens with zero attached hydrogens (tertiary/aromatic N) is 4. The van der Waals surface area contributed by atoms with Gasteiger partial charge in [0.15, 0.2) is 0 Å². The van der Waals surface area contributed by atoms with E-state index in [1.54, 1.807) is 4.90 Å². The summed E-state index contributed by atoms with van der Waals surface area (Å²) in [5.41, 5.74) is -2.05. The van der Waals surface area contributed by atoms with Crippen molar-refractivity contribution in [2.75, 3.05) is 17.2 Å². The maximum absolute atomic E-state index is 13.4. The molecule has 0 N–H and O–H groups in total. The average Bonchev–Trinajstić information content (AvgIpc) is 3.48. The molecule has 2 aromatic carbocycles. The van der Waals surface area contributed by atoms with Crippen LogP contribution in [0.5, 0.6) is 0 Å². The number of hydrogen-bond donors (Lipinski definition) is 0. The van der Waals surface area contributed by atoms with E-state index in [2.05, 4.69) is 0 Å². The Labute approximate surface area is 196 Å². The molecule has 5 rings (SSSR count). The zero-order valence-electron chi connectivity index (χ0n) is 17.5. The van der Waals surface area contributed by atoms with Gasteiger partial charge in [-0.1, -0.05) is 18.2 Å². The van der Waals surface area contributed by atoms with E-state index in [9.17, 15) is 27.6 Å². The Balaban J connectivity index is 1.37. The summed E-state index contributed by atoms with van der Waals surface area (Å²) >= 11 is 1.37. The van der Waals surface area contributed by atoms with Crippen molar-refractivity contribution in [3.05, 3.63) is 59.7 Å². The molecule has 4 amide bonds. The number of halogens is 3. The zero-order chi connectivity index (χ0) is 24.2. The molecular weight excluding hydrogens is 469 g/mol. The fraction of sp³-hybridized carbons (Fsp3) is 0.304. The third-order valence-electron chi connectivity index (χ3n) is 6.38. The molecule has 0 aromatic heterocycles. The monoisotopic (exact) mass is 486 g/mol. The topological polar surface area (TPSA) is 84.7 Å². The quantitative estimate of drug-likeness (QED) is 0.488. The van der Waals surface area contributed by atoms with Crippen molar-refractivity contribution in [1.29, 1.82) is 5.26 Å². The van der Waals surface area contributed by atoms with Gasteiger partial charge in [0, 0.05) is 11.4 Å². The maximum Gasteiger partial charge on any atom is 0.417 e. The Morgan fingerprint density at radius 2 is 1.88 bits per heavy atom. The molecule has 3 aliphatic heterocycles. The lowest BCUT2D eigenvalue weighted by Gasteiger charge is -2.34. The van der Waals surface area contributed by atoms with E-state index in [0.29, 0.717) is 12.5 Å². The first-order valence-corrected chi connectivity index (χ1v) is 11.4. The van der Waals surface area contributed by atoms with Crippen LogP contribution in [0.4, 0.5) is 23.7 Å². The van der Waals surface area contributed by atoms with Crippen molar-refractivity contribution in [2.45, 2.75) is 35.6 Å². The summed E-state index contributed by atoms with van der Waals surface area (Å²) in [4.78, 5) is 43.8. The number of urea groups is 1. The first-order chi connectivity index (χ1) is 16.2. The van der Waals surface area contributed by atoms with Crippen LogP contribution in [-0.2, 0) is 15.8 Å². The normalized spacial score (nSPS) is 23.5. The Morgan fingerprint density at radius 1 is 1.15 bits per heavy atom. The highest BCUT2D eigenvalue weighted by molar-refractivity contribution is 8.00. The van der Waals surface area contributed by atoms with Gasteiger partial charge in [-0.05, 0) is 36.8 Å². The standard InChI is InChI=1S/C23H17F3N4O3S/c24-23(25,26)17-8-14(7-6-13(17)10-27)30-21(32)20-18-9-15(29(20)22(30)33)11-28(18)19(31)12-34-16-4-2-1-3-5-16/h1-8,15,18,20H,9,11-12H2/t15?,18?,20-/m1/s1. The molecule has 0 spiro atoms. The van der Waals surface area contributed by atoms with Crippen molar-refractivity contribution >= 4 is 35.3 Å². The second-order valence-electron chi connectivity index (χ2n) is 8.25. The van der Waals surface area contributed by atoms with E-state index >= 15 is 0 Å². The summed E-state index contributed by atoms with van der Waals surface area (Å²) in [7, 11) is 0. The molecule has 3 saturated heterocycles. The molecule has 34 heavy (non-hydrogen) atoms. The predicted molar refractivity (Wildman–Crippen MR) is 116 cm³/mol. The molecule has 2 aromatic rings. The van der Waals surface area contributed by atoms with Crippen LogP contribution in [0, 0.1) is 11.3 Å². The molecule has 7 nitrogen and oxygen atoms in total. The SMILES string of the molecule is N#Cc1ccc(N2C(=O)[C@H]3C4CC(CN4C(=O)CSc4ccccc4)N3C2=O)cc1C(F)(F)F. The first-order valence-electron chi connectivity index (χ1n) is 10.5. The molecule has 174 valence electrons. The van der Waals surface area contributed by atoms with Crippen molar-refractivity contribution < 1.29 is 27.6 Å². The minimum absolute atomic E-state index is 0.155. The van der Waals surface area contributed by atoms with E-state index in [1.165, 1.54) is 22.7 Å². The average molecular weight is 486 g/mol. The Morgan fingerprint density at radius 3 is 2.56 bits per heavy atom. The number of benzene rings is 2.